The van der Waals surface area contributed by atoms with Gasteiger partial charge in [-0.1, -0.05) is 6.92 Å². The molecule has 0 aliphatic heterocycles. The second kappa shape index (κ2) is 9.67. The van der Waals surface area contributed by atoms with E-state index in [4.69, 9.17) is 4.74 Å². The molecule has 1 aromatic heterocycles. The minimum absolute atomic E-state index is 0.119. The van der Waals surface area contributed by atoms with Gasteiger partial charge in [-0.3, -0.25) is 14.4 Å². The molecule has 1 atom stereocenters. The van der Waals surface area contributed by atoms with E-state index in [1.54, 1.807) is 19.2 Å². The number of nitrogens with zero attached hydrogens (tertiary/aromatic N) is 1. The van der Waals surface area contributed by atoms with E-state index in [2.05, 4.69) is 15.6 Å². The predicted molar refractivity (Wildman–Crippen MR) is 82.8 cm³/mol. The van der Waals surface area contributed by atoms with Crippen LogP contribution in [0.2, 0.25) is 0 Å². The van der Waals surface area contributed by atoms with Gasteiger partial charge >= 0.3 is 5.97 Å². The van der Waals surface area contributed by atoms with E-state index in [0.29, 0.717) is 17.8 Å². The third kappa shape index (κ3) is 6.15. The summed E-state index contributed by atoms with van der Waals surface area (Å²) >= 11 is 1.21. The summed E-state index contributed by atoms with van der Waals surface area (Å²) in [7, 11) is 0. The van der Waals surface area contributed by atoms with Gasteiger partial charge in [0.1, 0.15) is 5.01 Å². The van der Waals surface area contributed by atoms with Crippen LogP contribution in [0.3, 0.4) is 0 Å². The smallest absolute Gasteiger partial charge is 0.357 e. The number of rotatable bonds is 10. The van der Waals surface area contributed by atoms with Crippen molar-refractivity contribution in [3.05, 3.63) is 16.1 Å². The molecule has 126 valence electrons. The molecule has 0 bridgehead atoms. The molecular weight excluding hydrogens is 322 g/mol. The van der Waals surface area contributed by atoms with Crippen LogP contribution in [0.5, 0.6) is 0 Å². The first-order valence-corrected chi connectivity index (χ1v) is 8.00. The fourth-order valence-electron chi connectivity index (χ4n) is 1.73. The van der Waals surface area contributed by atoms with Gasteiger partial charge < -0.3 is 15.4 Å². The quantitative estimate of drug-likeness (QED) is 0.362. The molecule has 1 rings (SSSR count). The van der Waals surface area contributed by atoms with Gasteiger partial charge in [-0.15, -0.1) is 11.3 Å². The summed E-state index contributed by atoms with van der Waals surface area (Å²) in [5, 5.41) is 7.00. The monoisotopic (exact) mass is 341 g/mol. The first kappa shape index (κ1) is 18.8. The Labute approximate surface area is 137 Å². The van der Waals surface area contributed by atoms with Crippen molar-refractivity contribution in [1.82, 2.24) is 15.6 Å². The lowest BCUT2D eigenvalue weighted by molar-refractivity contribution is -0.130. The van der Waals surface area contributed by atoms with Gasteiger partial charge in [-0.05, 0) is 13.3 Å². The van der Waals surface area contributed by atoms with Gasteiger partial charge in [-0.2, -0.15) is 0 Å². The fourth-order valence-corrected chi connectivity index (χ4v) is 2.43. The number of nitrogens with one attached hydrogen (secondary N) is 2. The molecule has 1 aromatic rings. The molecule has 0 aliphatic carbocycles. The van der Waals surface area contributed by atoms with Crippen molar-refractivity contribution in [2.75, 3.05) is 6.61 Å². The van der Waals surface area contributed by atoms with Crippen LogP contribution in [0.1, 0.15) is 42.2 Å². The summed E-state index contributed by atoms with van der Waals surface area (Å²) in [6.07, 6.45) is 0.534. The van der Waals surface area contributed by atoms with E-state index in [1.165, 1.54) is 11.3 Å². The summed E-state index contributed by atoms with van der Waals surface area (Å²) in [6, 6.07) is -0.659. The van der Waals surface area contributed by atoms with E-state index in [-0.39, 0.29) is 31.0 Å². The lowest BCUT2D eigenvalue weighted by Gasteiger charge is -2.11. The highest BCUT2D eigenvalue weighted by atomic mass is 32.1. The maximum absolute atomic E-state index is 11.8. The standard InChI is InChI=1S/C14H19N3O5S/c1-3-9(16-8-18)11(19)5-12(20)15-6-13-17-10(7-23-13)14(21)22-4-2/h7-9H,3-6H2,1-2H3,(H,15,20)(H,16,18). The summed E-state index contributed by atoms with van der Waals surface area (Å²) in [5.74, 6) is -1.33. The number of aromatic nitrogens is 1. The number of hydrogen-bond acceptors (Lipinski definition) is 7. The van der Waals surface area contributed by atoms with E-state index >= 15 is 0 Å². The minimum atomic E-state index is -0.659. The van der Waals surface area contributed by atoms with Crippen molar-refractivity contribution in [1.29, 1.82) is 0 Å². The summed E-state index contributed by atoms with van der Waals surface area (Å²) in [4.78, 5) is 49.4. The molecule has 8 nitrogen and oxygen atoms in total. The highest BCUT2D eigenvalue weighted by molar-refractivity contribution is 7.09. The van der Waals surface area contributed by atoms with Gasteiger partial charge in [0.2, 0.25) is 12.3 Å². The molecule has 2 amide bonds. The number of Topliss-reactive ketones (excluding diaryl/α,β-unsaturated/α-hetero) is 1. The molecule has 23 heavy (non-hydrogen) atoms. The van der Waals surface area contributed by atoms with Gasteiger partial charge in [0.05, 0.1) is 25.6 Å². The maximum atomic E-state index is 11.8. The Balaban J connectivity index is 2.45. The Kier molecular flexibility index (Phi) is 7.89. The Morgan fingerprint density at radius 1 is 1.39 bits per heavy atom. The van der Waals surface area contributed by atoms with Gasteiger partial charge in [0.15, 0.2) is 11.5 Å². The fraction of sp³-hybridized carbons (Fsp3) is 0.500. The molecule has 0 saturated carbocycles. The number of esters is 1. The lowest BCUT2D eigenvalue weighted by Crippen LogP contribution is -2.38. The zero-order valence-corrected chi connectivity index (χ0v) is 13.8. The topological polar surface area (TPSA) is 114 Å². The third-order valence-electron chi connectivity index (χ3n) is 2.87. The number of hydrogen-bond donors (Lipinski definition) is 2. The Morgan fingerprint density at radius 3 is 2.74 bits per heavy atom. The summed E-state index contributed by atoms with van der Waals surface area (Å²) in [5.41, 5.74) is 0.193. The normalized spacial score (nSPS) is 11.4. The highest BCUT2D eigenvalue weighted by Gasteiger charge is 2.19. The van der Waals surface area contributed by atoms with Crippen LogP contribution >= 0.6 is 11.3 Å². The number of ether oxygens (including phenoxy) is 1. The van der Waals surface area contributed by atoms with Crippen molar-refractivity contribution < 1.29 is 23.9 Å². The van der Waals surface area contributed by atoms with Crippen LogP contribution < -0.4 is 10.6 Å². The number of amides is 2. The van der Waals surface area contributed by atoms with Gasteiger partial charge in [0, 0.05) is 5.38 Å². The first-order chi connectivity index (χ1) is 11.0. The number of ketones is 1. The second-order valence-corrected chi connectivity index (χ2v) is 5.45. The van der Waals surface area contributed by atoms with Crippen LogP contribution in [0.4, 0.5) is 0 Å². The zero-order valence-electron chi connectivity index (χ0n) is 13.0. The number of carbonyl (C=O) groups is 4. The summed E-state index contributed by atoms with van der Waals surface area (Å²) < 4.78 is 4.82. The molecule has 0 saturated heterocycles. The van der Waals surface area contributed by atoms with Crippen LogP contribution in [0.15, 0.2) is 5.38 Å². The molecule has 2 N–H and O–H groups in total. The molecule has 0 fully saturated rings. The van der Waals surface area contributed by atoms with Crippen molar-refractivity contribution >= 4 is 35.4 Å². The first-order valence-electron chi connectivity index (χ1n) is 7.12. The molecular formula is C14H19N3O5S. The average molecular weight is 341 g/mol. The van der Waals surface area contributed by atoms with Crippen LogP contribution in [0.25, 0.3) is 0 Å². The molecule has 0 aromatic carbocycles. The SMILES string of the molecule is CCOC(=O)c1csc(CNC(=O)CC(=O)C(CC)NC=O)n1. The third-order valence-corrected chi connectivity index (χ3v) is 3.72. The molecule has 1 unspecified atom stereocenters. The van der Waals surface area contributed by atoms with Gasteiger partial charge in [-0.25, -0.2) is 9.78 Å². The minimum Gasteiger partial charge on any atom is -0.461 e. The van der Waals surface area contributed by atoms with Crippen LogP contribution in [-0.2, 0) is 25.7 Å². The van der Waals surface area contributed by atoms with Crippen molar-refractivity contribution in [3.63, 3.8) is 0 Å². The number of thiazole rings is 1. The Morgan fingerprint density at radius 2 is 2.13 bits per heavy atom. The largest absolute Gasteiger partial charge is 0.461 e. The Hall–Kier alpha value is -2.29. The molecule has 0 radical (unpaired) electrons. The average Bonchev–Trinajstić information content (AvgIpc) is 2.99. The zero-order chi connectivity index (χ0) is 17.2. The van der Waals surface area contributed by atoms with Gasteiger partial charge in [0.25, 0.3) is 0 Å². The number of carbonyl (C=O) groups excluding carboxylic acids is 4. The van der Waals surface area contributed by atoms with E-state index in [0.717, 1.165) is 0 Å². The van der Waals surface area contributed by atoms with E-state index < -0.39 is 17.9 Å². The Bertz CT molecular complexity index is 573. The second-order valence-electron chi connectivity index (χ2n) is 4.51. The molecule has 9 heteroatoms. The van der Waals surface area contributed by atoms with Crippen molar-refractivity contribution in [2.45, 2.75) is 39.3 Å². The molecule has 1 heterocycles. The highest BCUT2D eigenvalue weighted by Crippen LogP contribution is 2.10. The molecule has 0 spiro atoms. The van der Waals surface area contributed by atoms with Crippen molar-refractivity contribution in [2.24, 2.45) is 0 Å². The maximum Gasteiger partial charge on any atom is 0.357 e. The molecule has 0 aliphatic rings. The van der Waals surface area contributed by atoms with Crippen LogP contribution in [-0.4, -0.2) is 41.7 Å². The van der Waals surface area contributed by atoms with Crippen molar-refractivity contribution in [3.8, 4) is 0 Å². The predicted octanol–water partition coefficient (Wildman–Crippen LogP) is 0.420. The van der Waals surface area contributed by atoms with E-state index in [1.807, 2.05) is 0 Å². The summed E-state index contributed by atoms with van der Waals surface area (Å²) in [6.45, 7) is 3.82. The van der Waals surface area contributed by atoms with E-state index in [9.17, 15) is 19.2 Å². The lowest BCUT2D eigenvalue weighted by atomic mass is 10.1. The van der Waals surface area contributed by atoms with Crippen LogP contribution in [0, 0.1) is 0 Å².